The second kappa shape index (κ2) is 14.8. The van der Waals surface area contributed by atoms with Gasteiger partial charge < -0.3 is 5.11 Å². The van der Waals surface area contributed by atoms with Crippen molar-refractivity contribution in [1.29, 1.82) is 0 Å². The molecular weight excluding hydrogens is 484 g/mol. The van der Waals surface area contributed by atoms with Crippen molar-refractivity contribution in [1.82, 2.24) is 0 Å². The molecule has 0 fully saturated rings. The Morgan fingerprint density at radius 2 is 0.925 bits per heavy atom. The highest BCUT2D eigenvalue weighted by Gasteiger charge is 2.52. The van der Waals surface area contributed by atoms with E-state index in [1.807, 2.05) is 0 Å². The van der Waals surface area contributed by atoms with Crippen molar-refractivity contribution >= 4 is 0 Å². The first-order chi connectivity index (χ1) is 19.2. The maximum absolute atomic E-state index is 13.3. The van der Waals surface area contributed by atoms with Gasteiger partial charge in [-0.15, -0.1) is 0 Å². The molecule has 0 bridgehead atoms. The molecule has 0 radical (unpaired) electrons. The Morgan fingerprint density at radius 1 is 0.550 bits per heavy atom. The Hall–Kier alpha value is -3.42. The minimum absolute atomic E-state index is 0.506. The zero-order chi connectivity index (χ0) is 29.0. The van der Waals surface area contributed by atoms with Crippen molar-refractivity contribution in [2.24, 2.45) is 0 Å². The molecule has 210 valence electrons. The van der Waals surface area contributed by atoms with Crippen LogP contribution in [0.2, 0.25) is 0 Å². The van der Waals surface area contributed by atoms with Crippen LogP contribution in [0.25, 0.3) is 0 Å². The van der Waals surface area contributed by atoms with Crippen molar-refractivity contribution < 1.29 is 5.11 Å². The maximum atomic E-state index is 13.3. The highest BCUT2D eigenvalue weighted by atomic mass is 16.3. The fourth-order valence-corrected chi connectivity index (χ4v) is 5.72. The number of hydrogen-bond acceptors (Lipinski definition) is 1. The summed E-state index contributed by atoms with van der Waals surface area (Å²) in [5, 5.41) is 13.3. The third kappa shape index (κ3) is 7.83. The summed E-state index contributed by atoms with van der Waals surface area (Å²) in [6.45, 7) is 12.9. The Balaban J connectivity index is 2.30. The molecule has 1 N–H and O–H groups in total. The van der Waals surface area contributed by atoms with Crippen molar-refractivity contribution in [3.05, 3.63) is 154 Å². The zero-order valence-corrected chi connectivity index (χ0v) is 25.5. The fraction of sp³-hybridized carbons (Fsp3) is 0.333. The van der Waals surface area contributed by atoms with Gasteiger partial charge in [-0.2, -0.15) is 0 Å². The molecule has 3 rings (SSSR count). The van der Waals surface area contributed by atoms with Crippen LogP contribution >= 0.6 is 0 Å². The number of rotatable bonds is 13. The summed E-state index contributed by atoms with van der Waals surface area (Å²) >= 11 is 0. The van der Waals surface area contributed by atoms with Crippen LogP contribution in [0.1, 0.15) is 90.3 Å². The summed E-state index contributed by atoms with van der Waals surface area (Å²) in [6.07, 6.45) is 13.4. The van der Waals surface area contributed by atoms with Crippen molar-refractivity contribution in [2.45, 2.75) is 84.7 Å². The van der Waals surface area contributed by atoms with Crippen LogP contribution in [0, 0.1) is 0 Å². The SMILES string of the molecule is CC(C)=CCCC(C)=CCC(O)(C=C(C)CCC=C(C)C)C(c1ccccc1)(c1ccccc1)c1ccccc1. The lowest BCUT2D eigenvalue weighted by molar-refractivity contribution is 0.0414. The van der Waals surface area contributed by atoms with Gasteiger partial charge in [-0.25, -0.2) is 0 Å². The standard InChI is InChI=1S/C39H48O/c1-31(2)18-16-20-33(5)28-29-38(40,30-34(6)21-17-19-32(3)4)39(35-22-10-7-11-23-35,36-24-12-8-13-25-36)37-26-14-9-15-27-37/h7-15,18-19,22-28,30,40H,16-17,20-21,29H2,1-6H3. The summed E-state index contributed by atoms with van der Waals surface area (Å²) in [4.78, 5) is 0. The van der Waals surface area contributed by atoms with E-state index in [4.69, 9.17) is 0 Å². The lowest BCUT2D eigenvalue weighted by Gasteiger charge is -2.48. The van der Waals surface area contributed by atoms with Gasteiger partial charge >= 0.3 is 0 Å². The molecule has 1 nitrogen and oxygen atoms in total. The Labute approximate surface area is 243 Å². The van der Waals surface area contributed by atoms with E-state index in [-0.39, 0.29) is 0 Å². The lowest BCUT2D eigenvalue weighted by Crippen LogP contribution is -2.52. The quantitative estimate of drug-likeness (QED) is 0.171. The van der Waals surface area contributed by atoms with Gasteiger partial charge in [0, 0.05) is 0 Å². The third-order valence-electron chi connectivity index (χ3n) is 7.70. The van der Waals surface area contributed by atoms with Gasteiger partial charge in [-0.1, -0.05) is 138 Å². The molecule has 1 atom stereocenters. The van der Waals surface area contributed by atoms with Gasteiger partial charge in [0.05, 0.1) is 5.41 Å². The van der Waals surface area contributed by atoms with Crippen molar-refractivity contribution in [2.75, 3.05) is 0 Å². The molecule has 0 spiro atoms. The van der Waals surface area contributed by atoms with Gasteiger partial charge in [-0.05, 0) is 90.3 Å². The van der Waals surface area contributed by atoms with Gasteiger partial charge in [-0.3, -0.25) is 0 Å². The minimum atomic E-state index is -1.22. The monoisotopic (exact) mass is 532 g/mol. The summed E-state index contributed by atoms with van der Waals surface area (Å²) in [7, 11) is 0. The van der Waals surface area contributed by atoms with E-state index in [1.54, 1.807) is 0 Å². The fourth-order valence-electron chi connectivity index (χ4n) is 5.72. The first-order valence-electron chi connectivity index (χ1n) is 14.7. The van der Waals surface area contributed by atoms with Crippen molar-refractivity contribution in [3.63, 3.8) is 0 Å². The Kier molecular flexibility index (Phi) is 11.5. The molecule has 0 amide bonds. The normalized spacial score (nSPS) is 13.9. The molecule has 0 heterocycles. The van der Waals surface area contributed by atoms with E-state index in [9.17, 15) is 5.11 Å². The number of aliphatic hydroxyl groups is 1. The topological polar surface area (TPSA) is 20.2 Å². The zero-order valence-electron chi connectivity index (χ0n) is 25.5. The van der Waals surface area contributed by atoms with Crippen LogP contribution in [0.15, 0.2) is 138 Å². The molecule has 0 saturated carbocycles. The predicted molar refractivity (Wildman–Crippen MR) is 174 cm³/mol. The molecule has 0 aliphatic heterocycles. The molecule has 1 unspecified atom stereocenters. The van der Waals surface area contributed by atoms with Crippen LogP contribution in [0.4, 0.5) is 0 Å². The summed E-state index contributed by atoms with van der Waals surface area (Å²) in [5.41, 5.74) is 6.38. The van der Waals surface area contributed by atoms with E-state index < -0.39 is 11.0 Å². The number of hydrogen-bond donors (Lipinski definition) is 1. The molecule has 40 heavy (non-hydrogen) atoms. The van der Waals surface area contributed by atoms with E-state index >= 15 is 0 Å². The average molecular weight is 533 g/mol. The maximum Gasteiger partial charge on any atom is 0.104 e. The van der Waals surface area contributed by atoms with E-state index in [2.05, 4.69) is 157 Å². The molecule has 0 aromatic heterocycles. The molecular formula is C39H48O. The van der Waals surface area contributed by atoms with Gasteiger partial charge in [0.2, 0.25) is 0 Å². The average Bonchev–Trinajstić information content (AvgIpc) is 2.94. The summed E-state index contributed by atoms with van der Waals surface area (Å²) in [6, 6.07) is 31.7. The smallest absolute Gasteiger partial charge is 0.104 e. The van der Waals surface area contributed by atoms with E-state index in [0.29, 0.717) is 6.42 Å². The minimum Gasteiger partial charge on any atom is -0.384 e. The van der Waals surface area contributed by atoms with Crippen LogP contribution in [0.5, 0.6) is 0 Å². The van der Waals surface area contributed by atoms with Crippen LogP contribution in [-0.4, -0.2) is 10.7 Å². The second-order valence-electron chi connectivity index (χ2n) is 11.7. The van der Waals surface area contributed by atoms with Gasteiger partial charge in [0.25, 0.3) is 0 Å². The van der Waals surface area contributed by atoms with Crippen molar-refractivity contribution in [3.8, 4) is 0 Å². The van der Waals surface area contributed by atoms with Crippen LogP contribution in [-0.2, 0) is 5.41 Å². The molecule has 1 heteroatoms. The van der Waals surface area contributed by atoms with Gasteiger partial charge in [0.15, 0.2) is 0 Å². The highest BCUT2D eigenvalue weighted by molar-refractivity contribution is 5.56. The van der Waals surface area contributed by atoms with Gasteiger partial charge in [0.1, 0.15) is 5.60 Å². The largest absolute Gasteiger partial charge is 0.384 e. The Bertz CT molecular complexity index is 1200. The highest BCUT2D eigenvalue weighted by Crippen LogP contribution is 2.50. The molecule has 3 aromatic rings. The summed E-state index contributed by atoms with van der Waals surface area (Å²) < 4.78 is 0. The molecule has 3 aromatic carbocycles. The lowest BCUT2D eigenvalue weighted by atomic mass is 9.57. The summed E-state index contributed by atoms with van der Waals surface area (Å²) in [5.74, 6) is 0. The van der Waals surface area contributed by atoms with Crippen LogP contribution in [0.3, 0.4) is 0 Å². The molecule has 0 aliphatic carbocycles. The number of allylic oxidation sites excluding steroid dienone is 6. The first-order valence-corrected chi connectivity index (χ1v) is 14.7. The second-order valence-corrected chi connectivity index (χ2v) is 11.7. The third-order valence-corrected chi connectivity index (χ3v) is 7.70. The van der Waals surface area contributed by atoms with Crippen LogP contribution < -0.4 is 0 Å². The Morgan fingerprint density at radius 3 is 1.30 bits per heavy atom. The number of benzene rings is 3. The first kappa shape index (κ1) is 31.1. The van der Waals surface area contributed by atoms with E-state index in [1.165, 1.54) is 22.3 Å². The molecule has 0 aliphatic rings. The predicted octanol–water partition coefficient (Wildman–Crippen LogP) is 10.5. The molecule has 0 saturated heterocycles. The van der Waals surface area contributed by atoms with E-state index in [0.717, 1.165) is 42.4 Å².